The van der Waals surface area contributed by atoms with Gasteiger partial charge in [-0.05, 0) is 37.5 Å². The maximum absolute atomic E-state index is 13.5. The molecule has 10 heteroatoms. The molecular weight excluding hydrogens is 421 g/mol. The Kier molecular flexibility index (Phi) is 6.45. The molecule has 0 saturated carbocycles. The SMILES string of the molecule is CCCCN(C(=O)c1cc(N2CCCC2=O)cc(C(F)(F)F)c1)C1CCS(=O)(=O)C1. The molecule has 3 rings (SSSR count). The lowest BCUT2D eigenvalue weighted by Crippen LogP contribution is -2.42. The van der Waals surface area contributed by atoms with E-state index < -0.39 is 33.5 Å². The van der Waals surface area contributed by atoms with E-state index in [2.05, 4.69) is 0 Å². The van der Waals surface area contributed by atoms with Crippen molar-refractivity contribution < 1.29 is 31.2 Å². The summed E-state index contributed by atoms with van der Waals surface area (Å²) in [5, 5.41) is 0. The fourth-order valence-corrected chi connectivity index (χ4v) is 5.67. The quantitative estimate of drug-likeness (QED) is 0.672. The van der Waals surface area contributed by atoms with E-state index in [-0.39, 0.29) is 48.1 Å². The molecule has 0 N–H and O–H groups in total. The summed E-state index contributed by atoms with van der Waals surface area (Å²) in [6.45, 7) is 2.48. The Balaban J connectivity index is 2.00. The van der Waals surface area contributed by atoms with Crippen molar-refractivity contribution in [3.8, 4) is 0 Å². The molecule has 0 spiro atoms. The van der Waals surface area contributed by atoms with Crippen LogP contribution in [-0.4, -0.2) is 55.8 Å². The van der Waals surface area contributed by atoms with Crippen LogP contribution in [0, 0.1) is 0 Å². The number of halogens is 3. The summed E-state index contributed by atoms with van der Waals surface area (Å²) < 4.78 is 64.3. The van der Waals surface area contributed by atoms with Gasteiger partial charge in [0.1, 0.15) is 0 Å². The maximum atomic E-state index is 13.5. The molecule has 1 aromatic rings. The first-order valence-corrected chi connectivity index (χ1v) is 11.9. The lowest BCUT2D eigenvalue weighted by atomic mass is 10.0. The second-order valence-corrected chi connectivity index (χ2v) is 10.1. The summed E-state index contributed by atoms with van der Waals surface area (Å²) in [5.41, 5.74) is -1.14. The van der Waals surface area contributed by atoms with Gasteiger partial charge in [0.05, 0.1) is 17.1 Å². The van der Waals surface area contributed by atoms with Crippen molar-refractivity contribution in [2.75, 3.05) is 29.5 Å². The number of alkyl halides is 3. The Hall–Kier alpha value is -2.10. The van der Waals surface area contributed by atoms with Crippen LogP contribution < -0.4 is 4.90 Å². The van der Waals surface area contributed by atoms with Gasteiger partial charge in [0.25, 0.3) is 5.91 Å². The van der Waals surface area contributed by atoms with Gasteiger partial charge in [-0.1, -0.05) is 13.3 Å². The van der Waals surface area contributed by atoms with Crippen molar-refractivity contribution >= 4 is 27.3 Å². The van der Waals surface area contributed by atoms with Crippen LogP contribution in [-0.2, 0) is 20.8 Å². The molecule has 30 heavy (non-hydrogen) atoms. The second kappa shape index (κ2) is 8.56. The Labute approximate surface area is 173 Å². The highest BCUT2D eigenvalue weighted by Gasteiger charge is 2.37. The highest BCUT2D eigenvalue weighted by atomic mass is 32.2. The van der Waals surface area contributed by atoms with Crippen molar-refractivity contribution in [1.82, 2.24) is 4.90 Å². The van der Waals surface area contributed by atoms with E-state index in [1.54, 1.807) is 0 Å². The molecule has 2 heterocycles. The smallest absolute Gasteiger partial charge is 0.335 e. The monoisotopic (exact) mass is 446 g/mol. The fourth-order valence-electron chi connectivity index (χ4n) is 3.94. The zero-order valence-corrected chi connectivity index (χ0v) is 17.6. The summed E-state index contributed by atoms with van der Waals surface area (Å²) >= 11 is 0. The summed E-state index contributed by atoms with van der Waals surface area (Å²) in [4.78, 5) is 27.9. The Morgan fingerprint density at radius 3 is 2.53 bits per heavy atom. The van der Waals surface area contributed by atoms with Gasteiger partial charge >= 0.3 is 6.18 Å². The lowest BCUT2D eigenvalue weighted by Gasteiger charge is -2.29. The molecule has 0 radical (unpaired) electrons. The van der Waals surface area contributed by atoms with Gasteiger partial charge in [-0.25, -0.2) is 8.42 Å². The maximum Gasteiger partial charge on any atom is 0.416 e. The first kappa shape index (κ1) is 22.6. The van der Waals surface area contributed by atoms with E-state index in [0.29, 0.717) is 19.4 Å². The predicted octanol–water partition coefficient (Wildman–Crippen LogP) is 3.26. The molecule has 0 aromatic heterocycles. The molecule has 2 fully saturated rings. The van der Waals surface area contributed by atoms with Gasteiger partial charge < -0.3 is 9.80 Å². The van der Waals surface area contributed by atoms with Crippen molar-refractivity contribution in [3.05, 3.63) is 29.3 Å². The summed E-state index contributed by atoms with van der Waals surface area (Å²) in [6.07, 6.45) is -2.26. The first-order valence-electron chi connectivity index (χ1n) is 10.1. The van der Waals surface area contributed by atoms with Gasteiger partial charge in [0, 0.05) is 36.8 Å². The van der Waals surface area contributed by atoms with Crippen LogP contribution in [0.4, 0.5) is 18.9 Å². The topological polar surface area (TPSA) is 74.8 Å². The molecule has 2 aliphatic heterocycles. The molecule has 2 aliphatic rings. The molecule has 6 nitrogen and oxygen atoms in total. The molecule has 2 amide bonds. The first-order chi connectivity index (χ1) is 14.0. The van der Waals surface area contributed by atoms with E-state index >= 15 is 0 Å². The van der Waals surface area contributed by atoms with Crippen molar-refractivity contribution in [3.63, 3.8) is 0 Å². The standard InChI is InChI=1S/C20H25F3N2O4S/c1-2-3-7-25(16-6-9-30(28,29)13-16)19(27)14-10-15(20(21,22)23)12-17(11-14)24-8-4-5-18(24)26/h10-12,16H,2-9,13H2,1H3. The van der Waals surface area contributed by atoms with E-state index in [9.17, 15) is 31.2 Å². The zero-order valence-electron chi connectivity index (χ0n) is 16.7. The van der Waals surface area contributed by atoms with Crippen LogP contribution in [0.5, 0.6) is 0 Å². The average Bonchev–Trinajstić information content (AvgIpc) is 3.25. The number of anilines is 1. The number of nitrogens with zero attached hydrogens (tertiary/aromatic N) is 2. The molecule has 0 aliphatic carbocycles. The van der Waals surface area contributed by atoms with Gasteiger partial charge in [-0.2, -0.15) is 13.2 Å². The third-order valence-corrected chi connectivity index (χ3v) is 7.29. The van der Waals surface area contributed by atoms with Gasteiger partial charge in [-0.3, -0.25) is 9.59 Å². The fraction of sp³-hybridized carbons (Fsp3) is 0.600. The molecule has 1 unspecified atom stereocenters. The van der Waals surface area contributed by atoms with Gasteiger partial charge in [0.15, 0.2) is 9.84 Å². The van der Waals surface area contributed by atoms with Crippen LogP contribution in [0.25, 0.3) is 0 Å². The lowest BCUT2D eigenvalue weighted by molar-refractivity contribution is -0.137. The second-order valence-electron chi connectivity index (χ2n) is 7.82. The average molecular weight is 446 g/mol. The van der Waals surface area contributed by atoms with Crippen LogP contribution in [0.3, 0.4) is 0 Å². The van der Waals surface area contributed by atoms with E-state index in [1.165, 1.54) is 15.9 Å². The van der Waals surface area contributed by atoms with Crippen LogP contribution in [0.2, 0.25) is 0 Å². The number of amides is 2. The predicted molar refractivity (Wildman–Crippen MR) is 106 cm³/mol. The van der Waals surface area contributed by atoms with Crippen LogP contribution >= 0.6 is 0 Å². The summed E-state index contributed by atoms with van der Waals surface area (Å²) in [6, 6.07) is 2.43. The number of hydrogen-bond donors (Lipinski definition) is 0. The minimum Gasteiger partial charge on any atom is -0.335 e. The minimum absolute atomic E-state index is 0.0380. The number of carbonyl (C=O) groups excluding carboxylic acids is 2. The largest absolute Gasteiger partial charge is 0.416 e. The number of sulfone groups is 1. The summed E-state index contributed by atoms with van der Waals surface area (Å²) in [7, 11) is -3.27. The normalized spacial score (nSPS) is 21.3. The number of rotatable bonds is 6. The molecule has 1 atom stereocenters. The molecule has 1 aromatic carbocycles. The number of unbranched alkanes of at least 4 members (excludes halogenated alkanes) is 1. The zero-order chi connectivity index (χ0) is 22.1. The van der Waals surface area contributed by atoms with Crippen molar-refractivity contribution in [1.29, 1.82) is 0 Å². The molecule has 0 bridgehead atoms. The van der Waals surface area contributed by atoms with E-state index in [1.807, 2.05) is 6.92 Å². The third-order valence-electron chi connectivity index (χ3n) is 5.54. The molecule has 2 saturated heterocycles. The number of hydrogen-bond acceptors (Lipinski definition) is 4. The van der Waals surface area contributed by atoms with E-state index in [0.717, 1.165) is 18.6 Å². The summed E-state index contributed by atoms with van der Waals surface area (Å²) in [5.74, 6) is -1.13. The Bertz CT molecular complexity index is 930. The van der Waals surface area contributed by atoms with E-state index in [4.69, 9.17) is 0 Å². The van der Waals surface area contributed by atoms with Gasteiger partial charge in [-0.15, -0.1) is 0 Å². The highest BCUT2D eigenvalue weighted by Crippen LogP contribution is 2.35. The van der Waals surface area contributed by atoms with Crippen LogP contribution in [0.15, 0.2) is 18.2 Å². The third kappa shape index (κ3) is 4.96. The molecular formula is C20H25F3N2O4S. The Morgan fingerprint density at radius 2 is 2.00 bits per heavy atom. The van der Waals surface area contributed by atoms with Crippen molar-refractivity contribution in [2.24, 2.45) is 0 Å². The van der Waals surface area contributed by atoms with Crippen molar-refractivity contribution in [2.45, 2.75) is 51.2 Å². The highest BCUT2D eigenvalue weighted by molar-refractivity contribution is 7.91. The minimum atomic E-state index is -4.68. The number of carbonyl (C=O) groups is 2. The molecule has 166 valence electrons. The van der Waals surface area contributed by atoms with Crippen LogP contribution in [0.1, 0.15) is 54.9 Å². The van der Waals surface area contributed by atoms with Gasteiger partial charge in [0.2, 0.25) is 5.91 Å². The Morgan fingerprint density at radius 1 is 1.27 bits per heavy atom. The number of benzene rings is 1.